The minimum absolute atomic E-state index is 0.0163. The number of nitrogens with one attached hydrogen (secondary N) is 2. The van der Waals surface area contributed by atoms with Gasteiger partial charge in [0.05, 0.1) is 41.0 Å². The molecule has 2 N–H and O–H groups in total. The molecule has 0 saturated carbocycles. The van der Waals surface area contributed by atoms with Gasteiger partial charge in [0.15, 0.2) is 0 Å². The maximum atomic E-state index is 15.2. The number of piperidine rings is 2. The summed E-state index contributed by atoms with van der Waals surface area (Å²) < 4.78 is 40.3. The number of halogens is 2. The molecule has 2 fully saturated rings. The highest BCUT2D eigenvalue weighted by Crippen LogP contribution is 2.33. The zero-order valence-electron chi connectivity index (χ0n) is 35.8. The van der Waals surface area contributed by atoms with E-state index < -0.39 is 29.4 Å². The molecule has 14 nitrogen and oxygen atoms in total. The number of hydrogen-bond acceptors (Lipinski definition) is 9. The maximum absolute atomic E-state index is 15.2. The molecule has 16 heteroatoms. The maximum Gasteiger partial charge on any atom is 0.258 e. The number of carbonyl (C=O) groups is 4. The van der Waals surface area contributed by atoms with Gasteiger partial charge in [-0.3, -0.25) is 34.8 Å². The standard InChI is InChI=1S/C46H53F2N9O5/c1-26(2)57(32-13-16-55(17-14-32)15-12-29-20-35(47)41(36(48)21-29)33-9-11-40(58)52-43(33)60)44(61)30-8-10-37-39(23-30)56-25-27(3)7-6-18-62-45-34(24-49-54(45)5)38-22-31(19-28(4)50-38)42(59)53-46(56)51-37/h8,10,19-24,26-27,32-33H,6-7,9,11-18,25H2,1-5H3,(H,51,53,59)(H,52,58,60)/t27-,33-/m1/s1. The predicted molar refractivity (Wildman–Crippen MR) is 229 cm³/mol. The first-order chi connectivity index (χ1) is 29.7. The number of likely N-dealkylation sites (tertiary alicyclic amines) is 1. The number of anilines is 1. The zero-order chi connectivity index (χ0) is 43.8. The molecule has 62 heavy (non-hydrogen) atoms. The normalized spacial score (nSPS) is 19.3. The molecule has 3 aliphatic heterocycles. The number of nitrogens with zero attached hydrogens (tertiary/aromatic N) is 7. The van der Waals surface area contributed by atoms with E-state index in [2.05, 4.69) is 27.6 Å². The third-order valence-electron chi connectivity index (χ3n) is 12.4. The summed E-state index contributed by atoms with van der Waals surface area (Å²) >= 11 is 0. The van der Waals surface area contributed by atoms with Crippen LogP contribution in [0.5, 0.6) is 5.88 Å². The summed E-state index contributed by atoms with van der Waals surface area (Å²) in [6, 6.07) is 11.5. The quantitative estimate of drug-likeness (QED) is 0.173. The van der Waals surface area contributed by atoms with Crippen LogP contribution in [0.25, 0.3) is 22.3 Å². The van der Waals surface area contributed by atoms with E-state index in [0.29, 0.717) is 90.2 Å². The van der Waals surface area contributed by atoms with Crippen LogP contribution in [0, 0.1) is 24.5 Å². The Morgan fingerprint density at radius 2 is 1.74 bits per heavy atom. The SMILES string of the molecule is Cc1cc2cc(n1)-c1cnn(C)c1OCCC[C@@H](C)Cn1c(nc3ccc(C(=O)N(C(C)C)C4CCN(CCc5cc(F)c([C@H]6CCC(=O)NC6=O)c(F)c5)CC4)cc31)NC2=O. The molecular formula is C46H53F2N9O5. The molecular weight excluding hydrogens is 797 g/mol. The third kappa shape index (κ3) is 8.83. The van der Waals surface area contributed by atoms with Crippen molar-refractivity contribution in [3.63, 3.8) is 0 Å². The molecule has 0 spiro atoms. The van der Waals surface area contributed by atoms with Gasteiger partial charge < -0.3 is 19.1 Å². The first-order valence-electron chi connectivity index (χ1n) is 21.6. The second-order valence-corrected chi connectivity index (χ2v) is 17.3. The Labute approximate surface area is 359 Å². The van der Waals surface area contributed by atoms with Gasteiger partial charge in [-0.2, -0.15) is 5.10 Å². The summed E-state index contributed by atoms with van der Waals surface area (Å²) in [4.78, 5) is 66.0. The average molecular weight is 850 g/mol. The second kappa shape index (κ2) is 17.8. The highest BCUT2D eigenvalue weighted by Gasteiger charge is 2.34. The fourth-order valence-electron chi connectivity index (χ4n) is 9.19. The topological polar surface area (TPSA) is 157 Å². The van der Waals surface area contributed by atoms with Crippen LogP contribution < -0.4 is 15.4 Å². The number of aromatic nitrogens is 5. The number of fused-ring (bicyclic) bond motifs is 7. The van der Waals surface area contributed by atoms with Gasteiger partial charge in [0.1, 0.15) is 11.6 Å². The van der Waals surface area contributed by atoms with Crippen LogP contribution in [0.1, 0.15) is 103 Å². The van der Waals surface area contributed by atoms with E-state index in [1.807, 2.05) is 49.4 Å². The lowest BCUT2D eigenvalue weighted by molar-refractivity contribution is -0.134. The third-order valence-corrected chi connectivity index (χ3v) is 12.4. The van der Waals surface area contributed by atoms with Crippen molar-refractivity contribution in [1.82, 2.24) is 39.4 Å². The van der Waals surface area contributed by atoms with Crippen LogP contribution in [0.2, 0.25) is 0 Å². The first-order valence-corrected chi connectivity index (χ1v) is 21.6. The van der Waals surface area contributed by atoms with Gasteiger partial charge in [-0.1, -0.05) is 6.92 Å². The van der Waals surface area contributed by atoms with Crippen molar-refractivity contribution in [3.05, 3.63) is 88.2 Å². The Morgan fingerprint density at radius 1 is 0.984 bits per heavy atom. The highest BCUT2D eigenvalue weighted by molar-refractivity contribution is 6.05. The van der Waals surface area contributed by atoms with E-state index in [1.165, 1.54) is 12.1 Å². The van der Waals surface area contributed by atoms with Crippen molar-refractivity contribution in [2.45, 2.75) is 97.2 Å². The van der Waals surface area contributed by atoms with E-state index in [9.17, 15) is 19.2 Å². The Bertz CT molecular complexity index is 2520. The fraction of sp³-hybridized carbons (Fsp3) is 0.457. The van der Waals surface area contributed by atoms with Crippen molar-refractivity contribution < 1.29 is 32.7 Å². The van der Waals surface area contributed by atoms with E-state index >= 15 is 8.78 Å². The number of benzene rings is 2. The Hall–Kier alpha value is -6.03. The molecule has 2 aromatic carbocycles. The molecule has 0 radical (unpaired) electrons. The summed E-state index contributed by atoms with van der Waals surface area (Å²) in [7, 11) is 1.82. The number of amides is 4. The van der Waals surface area contributed by atoms with Gasteiger partial charge in [0.25, 0.3) is 11.8 Å². The summed E-state index contributed by atoms with van der Waals surface area (Å²) in [6.07, 6.45) is 5.32. The molecule has 4 amide bonds. The van der Waals surface area contributed by atoms with E-state index in [-0.39, 0.29) is 48.2 Å². The number of aryl methyl sites for hydroxylation is 2. The van der Waals surface area contributed by atoms with E-state index in [0.717, 1.165) is 31.2 Å². The zero-order valence-corrected chi connectivity index (χ0v) is 35.8. The van der Waals surface area contributed by atoms with Crippen molar-refractivity contribution >= 4 is 40.6 Å². The lowest BCUT2D eigenvalue weighted by Crippen LogP contribution is -2.50. The van der Waals surface area contributed by atoms with Crippen LogP contribution in [0.4, 0.5) is 14.7 Å². The lowest BCUT2D eigenvalue weighted by atomic mass is 9.89. The summed E-state index contributed by atoms with van der Waals surface area (Å²) in [5.74, 6) is -2.95. The van der Waals surface area contributed by atoms with Gasteiger partial charge in [0, 0.05) is 74.1 Å². The molecule has 326 valence electrons. The molecule has 3 aliphatic rings. The Balaban J connectivity index is 0.971. The van der Waals surface area contributed by atoms with Crippen molar-refractivity contribution in [1.29, 1.82) is 0 Å². The van der Waals surface area contributed by atoms with Crippen molar-refractivity contribution in [2.24, 2.45) is 13.0 Å². The van der Waals surface area contributed by atoms with Crippen molar-refractivity contribution in [2.75, 3.05) is 31.6 Å². The first kappa shape index (κ1) is 42.7. The number of imidazole rings is 1. The Kier molecular flexibility index (Phi) is 12.2. The number of pyridine rings is 1. The molecule has 3 aromatic heterocycles. The Morgan fingerprint density at radius 3 is 2.47 bits per heavy atom. The number of imide groups is 1. The van der Waals surface area contributed by atoms with Crippen LogP contribution >= 0.6 is 0 Å². The minimum Gasteiger partial charge on any atom is -0.477 e. The van der Waals surface area contributed by atoms with E-state index in [4.69, 9.17) is 14.7 Å². The van der Waals surface area contributed by atoms with Crippen LogP contribution in [-0.2, 0) is 29.6 Å². The van der Waals surface area contributed by atoms with Crippen LogP contribution in [-0.4, -0.2) is 96.1 Å². The van der Waals surface area contributed by atoms with Gasteiger partial charge in [-0.15, -0.1) is 0 Å². The molecule has 2 bridgehead atoms. The number of hydrogen-bond donors (Lipinski definition) is 2. The van der Waals surface area contributed by atoms with E-state index in [1.54, 1.807) is 29.1 Å². The summed E-state index contributed by atoms with van der Waals surface area (Å²) in [5.41, 5.74) is 4.53. The number of rotatable bonds is 7. The molecule has 5 aromatic rings. The van der Waals surface area contributed by atoms with Crippen LogP contribution in [0.3, 0.4) is 0 Å². The summed E-state index contributed by atoms with van der Waals surface area (Å²) in [5, 5.41) is 9.63. The molecule has 0 aliphatic carbocycles. The lowest BCUT2D eigenvalue weighted by Gasteiger charge is -2.40. The molecule has 2 saturated heterocycles. The van der Waals surface area contributed by atoms with Crippen LogP contribution in [0.15, 0.2) is 48.7 Å². The van der Waals surface area contributed by atoms with Gasteiger partial charge in [0.2, 0.25) is 23.6 Å². The average Bonchev–Trinajstić information content (AvgIpc) is 3.77. The second-order valence-electron chi connectivity index (χ2n) is 17.3. The molecule has 0 unspecified atom stereocenters. The smallest absolute Gasteiger partial charge is 0.258 e. The fourth-order valence-corrected chi connectivity index (χ4v) is 9.19. The molecule has 8 rings (SSSR count). The monoisotopic (exact) mass is 849 g/mol. The largest absolute Gasteiger partial charge is 0.477 e. The van der Waals surface area contributed by atoms with Crippen molar-refractivity contribution in [3.8, 4) is 17.1 Å². The van der Waals surface area contributed by atoms with Gasteiger partial charge in [-0.05, 0) is 113 Å². The molecule has 2 atom stereocenters. The highest BCUT2D eigenvalue weighted by atomic mass is 19.1. The number of ether oxygens (including phenoxy) is 1. The minimum atomic E-state index is -1.03. The number of carbonyl (C=O) groups excluding carboxylic acids is 4. The van der Waals surface area contributed by atoms with Gasteiger partial charge in [-0.25, -0.2) is 18.4 Å². The summed E-state index contributed by atoms with van der Waals surface area (Å²) in [6.45, 7) is 11.1. The predicted octanol–water partition coefficient (Wildman–Crippen LogP) is 6.56. The van der Waals surface area contributed by atoms with Gasteiger partial charge >= 0.3 is 0 Å². The molecule has 6 heterocycles.